The number of hydrogen-bond acceptors (Lipinski definition) is 2. The normalized spacial score (nSPS) is 22.3. The summed E-state index contributed by atoms with van der Waals surface area (Å²) in [5, 5.41) is 0. The molecular formula is C11H21ClO2. The fraction of sp³-hybridized carbons (Fsp3) is 1.00. The summed E-state index contributed by atoms with van der Waals surface area (Å²) in [7, 11) is 0. The quantitative estimate of drug-likeness (QED) is 0.672. The van der Waals surface area contributed by atoms with Crippen LogP contribution < -0.4 is 0 Å². The highest BCUT2D eigenvalue weighted by atomic mass is 35.5. The van der Waals surface area contributed by atoms with Gasteiger partial charge in [-0.3, -0.25) is 0 Å². The zero-order chi connectivity index (χ0) is 10.6. The summed E-state index contributed by atoms with van der Waals surface area (Å²) in [4.78, 5) is 0. The Morgan fingerprint density at radius 2 is 1.71 bits per heavy atom. The van der Waals surface area contributed by atoms with Crippen LogP contribution >= 0.6 is 11.9 Å². The van der Waals surface area contributed by atoms with Crippen molar-refractivity contribution in [3.05, 3.63) is 0 Å². The second-order valence-corrected chi connectivity index (χ2v) is 5.36. The first-order valence-corrected chi connectivity index (χ1v) is 5.78. The average Bonchev–Trinajstić information content (AvgIpc) is 2.14. The molecule has 0 aromatic rings. The molecule has 1 unspecified atom stereocenters. The van der Waals surface area contributed by atoms with Crippen LogP contribution in [0, 0.1) is 5.41 Å². The van der Waals surface area contributed by atoms with Crippen molar-refractivity contribution >= 4 is 11.9 Å². The lowest BCUT2D eigenvalue weighted by Gasteiger charge is -2.32. The first kappa shape index (κ1) is 12.3. The van der Waals surface area contributed by atoms with E-state index in [1.54, 1.807) is 0 Å². The van der Waals surface area contributed by atoms with Gasteiger partial charge in [-0.1, -0.05) is 40.0 Å². The summed E-state index contributed by atoms with van der Waals surface area (Å²) < 4.78 is 10.7. The molecular weight excluding hydrogens is 200 g/mol. The topological polar surface area (TPSA) is 18.5 Å². The van der Waals surface area contributed by atoms with Crippen LogP contribution in [0.3, 0.4) is 0 Å². The van der Waals surface area contributed by atoms with Crippen LogP contribution in [0.2, 0.25) is 0 Å². The van der Waals surface area contributed by atoms with E-state index in [0.717, 1.165) is 12.8 Å². The average molecular weight is 221 g/mol. The molecule has 0 aliphatic heterocycles. The van der Waals surface area contributed by atoms with Gasteiger partial charge in [-0.2, -0.15) is 0 Å². The highest BCUT2D eigenvalue weighted by molar-refractivity contribution is 6.07. The van der Waals surface area contributed by atoms with Gasteiger partial charge in [0.15, 0.2) is 6.29 Å². The van der Waals surface area contributed by atoms with Crippen molar-refractivity contribution in [1.82, 2.24) is 0 Å². The van der Waals surface area contributed by atoms with E-state index in [4.69, 9.17) is 20.9 Å². The molecule has 0 bridgehead atoms. The summed E-state index contributed by atoms with van der Waals surface area (Å²) in [5.74, 6) is 0. The van der Waals surface area contributed by atoms with Gasteiger partial charge in [0.1, 0.15) is 0 Å². The van der Waals surface area contributed by atoms with Gasteiger partial charge in [-0.15, -0.1) is 0 Å². The smallest absolute Gasteiger partial charge is 0.182 e. The number of rotatable bonds is 3. The van der Waals surface area contributed by atoms with Gasteiger partial charge in [0.25, 0.3) is 0 Å². The lowest BCUT2D eigenvalue weighted by Crippen LogP contribution is -2.34. The first-order valence-electron chi connectivity index (χ1n) is 5.47. The van der Waals surface area contributed by atoms with E-state index < -0.39 is 0 Å². The van der Waals surface area contributed by atoms with Crippen molar-refractivity contribution in [2.45, 2.75) is 65.3 Å². The Hall–Kier alpha value is 0.210. The third kappa shape index (κ3) is 3.76. The maximum Gasteiger partial charge on any atom is 0.182 e. The highest BCUT2D eigenvalue weighted by Crippen LogP contribution is 2.29. The Morgan fingerprint density at radius 1 is 1.14 bits per heavy atom. The molecule has 1 fully saturated rings. The molecule has 1 saturated carbocycles. The summed E-state index contributed by atoms with van der Waals surface area (Å²) in [6.07, 6.45) is 6.20. The van der Waals surface area contributed by atoms with Crippen LogP contribution in [-0.4, -0.2) is 12.4 Å². The zero-order valence-electron chi connectivity index (χ0n) is 9.38. The van der Waals surface area contributed by atoms with Crippen LogP contribution in [0.5, 0.6) is 0 Å². The van der Waals surface area contributed by atoms with E-state index in [0.29, 0.717) is 6.10 Å². The van der Waals surface area contributed by atoms with E-state index in [1.165, 1.54) is 19.3 Å². The molecule has 0 amide bonds. The van der Waals surface area contributed by atoms with Gasteiger partial charge in [0.05, 0.1) is 18.0 Å². The van der Waals surface area contributed by atoms with Crippen molar-refractivity contribution in [1.29, 1.82) is 0 Å². The van der Waals surface area contributed by atoms with E-state index in [1.807, 2.05) is 0 Å². The minimum absolute atomic E-state index is 0.0564. The minimum Gasteiger partial charge on any atom is -0.347 e. The van der Waals surface area contributed by atoms with Crippen molar-refractivity contribution in [3.8, 4) is 0 Å². The number of halogens is 1. The molecule has 2 nitrogen and oxygen atoms in total. The van der Waals surface area contributed by atoms with Gasteiger partial charge in [-0.05, 0) is 12.8 Å². The van der Waals surface area contributed by atoms with Crippen molar-refractivity contribution in [2.24, 2.45) is 5.41 Å². The third-order valence-electron chi connectivity index (χ3n) is 2.66. The second kappa shape index (κ2) is 5.34. The summed E-state index contributed by atoms with van der Waals surface area (Å²) in [5.41, 5.74) is -0.0564. The fourth-order valence-electron chi connectivity index (χ4n) is 1.73. The molecule has 1 rings (SSSR count). The zero-order valence-corrected chi connectivity index (χ0v) is 10.1. The molecule has 0 heterocycles. The standard InChI is InChI=1S/C11H21ClO2/c1-11(2,3)10(14-12)13-9-7-5-4-6-8-9/h9-10H,4-8H2,1-3H3. The molecule has 1 aliphatic carbocycles. The molecule has 1 aliphatic rings. The van der Waals surface area contributed by atoms with Gasteiger partial charge in [0.2, 0.25) is 0 Å². The Bertz CT molecular complexity index is 159. The molecule has 14 heavy (non-hydrogen) atoms. The maximum absolute atomic E-state index is 5.85. The van der Waals surface area contributed by atoms with Gasteiger partial charge in [0, 0.05) is 5.41 Å². The number of hydrogen-bond donors (Lipinski definition) is 0. The van der Waals surface area contributed by atoms with Crippen LogP contribution in [0.1, 0.15) is 52.9 Å². The summed E-state index contributed by atoms with van der Waals surface area (Å²) >= 11 is 5.45. The molecule has 1 atom stereocenters. The SMILES string of the molecule is CC(C)(C)C(OCl)OC1CCCCC1. The molecule has 0 spiro atoms. The van der Waals surface area contributed by atoms with E-state index in [-0.39, 0.29) is 11.7 Å². The largest absolute Gasteiger partial charge is 0.347 e. The van der Waals surface area contributed by atoms with Crippen LogP contribution in [-0.2, 0) is 9.03 Å². The second-order valence-electron chi connectivity index (χ2n) is 5.18. The summed E-state index contributed by atoms with van der Waals surface area (Å²) in [6.45, 7) is 6.22. The third-order valence-corrected chi connectivity index (χ3v) is 2.82. The van der Waals surface area contributed by atoms with Gasteiger partial charge < -0.3 is 4.74 Å². The molecule has 0 aromatic heterocycles. The van der Waals surface area contributed by atoms with Crippen LogP contribution in [0.25, 0.3) is 0 Å². The molecule has 84 valence electrons. The monoisotopic (exact) mass is 220 g/mol. The Morgan fingerprint density at radius 3 is 2.14 bits per heavy atom. The Kier molecular flexibility index (Phi) is 4.68. The molecule has 0 aromatic carbocycles. The van der Waals surface area contributed by atoms with Gasteiger partial charge in [-0.25, -0.2) is 4.29 Å². The molecule has 0 radical (unpaired) electrons. The lowest BCUT2D eigenvalue weighted by molar-refractivity contribution is -0.175. The molecule has 0 saturated heterocycles. The van der Waals surface area contributed by atoms with Crippen molar-refractivity contribution in [2.75, 3.05) is 0 Å². The fourth-order valence-corrected chi connectivity index (χ4v) is 2.04. The predicted octanol–water partition coefficient (Wildman–Crippen LogP) is 3.88. The van der Waals surface area contributed by atoms with Crippen molar-refractivity contribution in [3.63, 3.8) is 0 Å². The minimum atomic E-state index is -0.299. The lowest BCUT2D eigenvalue weighted by atomic mass is 9.94. The van der Waals surface area contributed by atoms with Gasteiger partial charge >= 0.3 is 0 Å². The van der Waals surface area contributed by atoms with Crippen LogP contribution in [0.4, 0.5) is 0 Å². The van der Waals surface area contributed by atoms with E-state index in [9.17, 15) is 0 Å². The molecule has 0 N–H and O–H groups in total. The van der Waals surface area contributed by atoms with E-state index in [2.05, 4.69) is 20.8 Å². The first-order chi connectivity index (χ1) is 6.54. The van der Waals surface area contributed by atoms with E-state index >= 15 is 0 Å². The predicted molar refractivity (Wildman–Crippen MR) is 58.1 cm³/mol. The van der Waals surface area contributed by atoms with Crippen LogP contribution in [0.15, 0.2) is 0 Å². The maximum atomic E-state index is 5.85. The Balaban J connectivity index is 2.39. The Labute approximate surface area is 92.1 Å². The number of ether oxygens (including phenoxy) is 1. The highest BCUT2D eigenvalue weighted by Gasteiger charge is 2.29. The van der Waals surface area contributed by atoms with Crippen molar-refractivity contribution < 1.29 is 9.03 Å². The summed E-state index contributed by atoms with van der Waals surface area (Å²) in [6, 6.07) is 0. The molecule has 3 heteroatoms.